The molecular formula is C6H8N2O2. The molecular weight excluding hydrogens is 132 g/mol. The molecule has 1 rings (SSSR count). The second-order valence-corrected chi connectivity index (χ2v) is 2.20. The molecule has 0 radical (unpaired) electrons. The summed E-state index contributed by atoms with van der Waals surface area (Å²) in [6, 6.07) is 0. The zero-order valence-electron chi connectivity index (χ0n) is 5.84. The van der Waals surface area contributed by atoms with E-state index < -0.39 is 0 Å². The van der Waals surface area contributed by atoms with Crippen molar-refractivity contribution in [3.05, 3.63) is 27.6 Å². The topological polar surface area (TPSA) is 58.9 Å². The maximum atomic E-state index is 10.3. The Morgan fingerprint density at radius 2 is 2.20 bits per heavy atom. The molecule has 4 heteroatoms. The molecule has 0 bridgehead atoms. The zero-order valence-corrected chi connectivity index (χ0v) is 5.84. The summed E-state index contributed by atoms with van der Waals surface area (Å²) in [5.41, 5.74) is 1.49. The van der Waals surface area contributed by atoms with Crippen LogP contribution in [0.1, 0.15) is 11.3 Å². The van der Waals surface area contributed by atoms with Gasteiger partial charge in [-0.2, -0.15) is 0 Å². The van der Waals surface area contributed by atoms with E-state index in [2.05, 4.69) is 4.98 Å². The summed E-state index contributed by atoms with van der Waals surface area (Å²) in [5, 5.41) is 10.3. The first-order valence-corrected chi connectivity index (χ1v) is 2.92. The molecule has 0 aliphatic rings. The Labute approximate surface area is 58.0 Å². The van der Waals surface area contributed by atoms with Gasteiger partial charge in [-0.15, -0.1) is 0 Å². The number of H-pyrrole nitrogens is 1. The molecule has 1 aromatic heterocycles. The summed E-state index contributed by atoms with van der Waals surface area (Å²) in [6.07, 6.45) is 1.63. The van der Waals surface area contributed by atoms with Crippen LogP contribution in [0.25, 0.3) is 0 Å². The van der Waals surface area contributed by atoms with Crippen LogP contribution < -0.4 is 0 Å². The highest BCUT2D eigenvalue weighted by atomic mass is 16.6. The first-order chi connectivity index (χ1) is 4.63. The van der Waals surface area contributed by atoms with Crippen LogP contribution in [0.5, 0.6) is 0 Å². The average molecular weight is 140 g/mol. The van der Waals surface area contributed by atoms with Gasteiger partial charge in [-0.25, -0.2) is 0 Å². The average Bonchev–Trinajstić information content (AvgIpc) is 2.11. The lowest BCUT2D eigenvalue weighted by Gasteiger charge is -1.87. The van der Waals surface area contributed by atoms with Crippen LogP contribution in [0.2, 0.25) is 0 Å². The lowest BCUT2D eigenvalue weighted by molar-refractivity contribution is -0.385. The fourth-order valence-electron chi connectivity index (χ4n) is 0.930. The minimum Gasteiger partial charge on any atom is -0.359 e. The van der Waals surface area contributed by atoms with E-state index in [9.17, 15) is 10.1 Å². The molecule has 0 saturated carbocycles. The Bertz CT molecular complexity index is 245. The van der Waals surface area contributed by atoms with Crippen LogP contribution in [0, 0.1) is 24.0 Å². The highest BCUT2D eigenvalue weighted by molar-refractivity contribution is 5.42. The van der Waals surface area contributed by atoms with E-state index in [0.717, 1.165) is 0 Å². The van der Waals surface area contributed by atoms with Crippen molar-refractivity contribution in [1.82, 2.24) is 4.98 Å². The summed E-state index contributed by atoms with van der Waals surface area (Å²) >= 11 is 0. The number of aromatic amines is 1. The zero-order chi connectivity index (χ0) is 7.72. The maximum absolute atomic E-state index is 10.3. The fraction of sp³-hybridized carbons (Fsp3) is 0.333. The molecule has 4 nitrogen and oxygen atoms in total. The molecule has 1 aromatic rings. The minimum atomic E-state index is -0.374. The Morgan fingerprint density at radius 1 is 1.60 bits per heavy atom. The van der Waals surface area contributed by atoms with Crippen molar-refractivity contribution >= 4 is 5.69 Å². The van der Waals surface area contributed by atoms with Gasteiger partial charge in [0, 0.05) is 11.8 Å². The fourth-order valence-corrected chi connectivity index (χ4v) is 0.930. The quantitative estimate of drug-likeness (QED) is 0.475. The Hall–Kier alpha value is -1.32. The van der Waals surface area contributed by atoms with Crippen LogP contribution >= 0.6 is 0 Å². The van der Waals surface area contributed by atoms with Gasteiger partial charge < -0.3 is 4.98 Å². The molecule has 54 valence electrons. The van der Waals surface area contributed by atoms with Crippen molar-refractivity contribution in [1.29, 1.82) is 0 Å². The van der Waals surface area contributed by atoms with E-state index >= 15 is 0 Å². The third kappa shape index (κ3) is 0.877. The van der Waals surface area contributed by atoms with Gasteiger partial charge >= 0.3 is 0 Å². The summed E-state index contributed by atoms with van der Waals surface area (Å²) in [7, 11) is 0. The Kier molecular flexibility index (Phi) is 1.45. The van der Waals surface area contributed by atoms with Crippen molar-refractivity contribution < 1.29 is 4.92 Å². The molecule has 10 heavy (non-hydrogen) atoms. The van der Waals surface area contributed by atoms with E-state index in [0.29, 0.717) is 11.3 Å². The van der Waals surface area contributed by atoms with E-state index in [4.69, 9.17) is 0 Å². The normalized spacial score (nSPS) is 9.80. The number of nitrogens with one attached hydrogen (secondary N) is 1. The number of rotatable bonds is 1. The van der Waals surface area contributed by atoms with Gasteiger partial charge in [-0.05, 0) is 13.8 Å². The standard InChI is InChI=1S/C6H8N2O2/c1-4-3-7-5(2)6(4)8(9)10/h3,7H,1-2H3. The largest absolute Gasteiger partial charge is 0.359 e. The van der Waals surface area contributed by atoms with Crippen molar-refractivity contribution in [2.75, 3.05) is 0 Å². The SMILES string of the molecule is Cc1c[nH]c(C)c1[N+](=O)[O-]. The number of hydrogen-bond donors (Lipinski definition) is 1. The van der Waals surface area contributed by atoms with E-state index in [1.165, 1.54) is 0 Å². The molecule has 0 atom stereocenters. The first-order valence-electron chi connectivity index (χ1n) is 2.92. The lowest BCUT2D eigenvalue weighted by Crippen LogP contribution is -1.89. The van der Waals surface area contributed by atoms with Gasteiger partial charge in [-0.3, -0.25) is 10.1 Å². The summed E-state index contributed by atoms with van der Waals surface area (Å²) < 4.78 is 0. The van der Waals surface area contributed by atoms with Crippen LogP contribution in [-0.4, -0.2) is 9.91 Å². The predicted molar refractivity (Wildman–Crippen MR) is 36.9 cm³/mol. The van der Waals surface area contributed by atoms with Gasteiger partial charge in [0.15, 0.2) is 0 Å². The predicted octanol–water partition coefficient (Wildman–Crippen LogP) is 1.54. The van der Waals surface area contributed by atoms with Gasteiger partial charge in [0.05, 0.1) is 10.6 Å². The summed E-state index contributed by atoms with van der Waals surface area (Å²) in [6.45, 7) is 3.40. The highest BCUT2D eigenvalue weighted by Crippen LogP contribution is 2.20. The molecule has 1 N–H and O–H groups in total. The van der Waals surface area contributed by atoms with E-state index in [1.807, 2.05) is 0 Å². The van der Waals surface area contributed by atoms with Crippen molar-refractivity contribution in [3.8, 4) is 0 Å². The molecule has 0 amide bonds. The molecule has 0 saturated heterocycles. The second-order valence-electron chi connectivity index (χ2n) is 2.20. The minimum absolute atomic E-state index is 0.194. The van der Waals surface area contributed by atoms with Crippen LogP contribution in [0.3, 0.4) is 0 Å². The third-order valence-electron chi connectivity index (χ3n) is 1.42. The number of nitro groups is 1. The molecule has 1 heterocycles. The van der Waals surface area contributed by atoms with Crippen molar-refractivity contribution in [3.63, 3.8) is 0 Å². The maximum Gasteiger partial charge on any atom is 0.292 e. The Morgan fingerprint density at radius 3 is 2.40 bits per heavy atom. The van der Waals surface area contributed by atoms with Crippen LogP contribution in [-0.2, 0) is 0 Å². The number of hydrogen-bond acceptors (Lipinski definition) is 2. The molecule has 0 fully saturated rings. The lowest BCUT2D eigenvalue weighted by atomic mass is 10.3. The monoisotopic (exact) mass is 140 g/mol. The number of aryl methyl sites for hydroxylation is 2. The molecule has 0 aliphatic heterocycles. The van der Waals surface area contributed by atoms with E-state index in [-0.39, 0.29) is 10.6 Å². The van der Waals surface area contributed by atoms with Crippen molar-refractivity contribution in [2.45, 2.75) is 13.8 Å². The summed E-state index contributed by atoms with van der Waals surface area (Å²) in [5.74, 6) is 0. The van der Waals surface area contributed by atoms with Crippen LogP contribution in [0.4, 0.5) is 5.69 Å². The van der Waals surface area contributed by atoms with Gasteiger partial charge in [-0.1, -0.05) is 0 Å². The third-order valence-corrected chi connectivity index (χ3v) is 1.42. The molecule has 0 unspecified atom stereocenters. The van der Waals surface area contributed by atoms with Gasteiger partial charge in [0.1, 0.15) is 0 Å². The highest BCUT2D eigenvalue weighted by Gasteiger charge is 2.14. The van der Waals surface area contributed by atoms with Gasteiger partial charge in [0.25, 0.3) is 5.69 Å². The Balaban J connectivity index is 3.23. The molecule has 0 spiro atoms. The van der Waals surface area contributed by atoms with Gasteiger partial charge in [0.2, 0.25) is 0 Å². The van der Waals surface area contributed by atoms with E-state index in [1.54, 1.807) is 20.0 Å². The summed E-state index contributed by atoms with van der Waals surface area (Å²) in [4.78, 5) is 12.7. The smallest absolute Gasteiger partial charge is 0.292 e. The number of aromatic nitrogens is 1. The molecule has 0 aliphatic carbocycles. The van der Waals surface area contributed by atoms with Crippen LogP contribution in [0.15, 0.2) is 6.20 Å². The molecule has 0 aromatic carbocycles. The number of nitrogens with zero attached hydrogens (tertiary/aromatic N) is 1. The van der Waals surface area contributed by atoms with Crippen molar-refractivity contribution in [2.24, 2.45) is 0 Å². The second kappa shape index (κ2) is 2.13. The first kappa shape index (κ1) is 6.80.